The predicted molar refractivity (Wildman–Crippen MR) is 113 cm³/mol. The van der Waals surface area contributed by atoms with Crippen molar-refractivity contribution in [3.8, 4) is 5.69 Å². The van der Waals surface area contributed by atoms with Gasteiger partial charge in [0.2, 0.25) is 0 Å². The summed E-state index contributed by atoms with van der Waals surface area (Å²) in [4.78, 5) is 29.6. The molecule has 0 fully saturated rings. The van der Waals surface area contributed by atoms with Crippen molar-refractivity contribution in [1.29, 1.82) is 0 Å². The molecular formula is C23H21N3O3. The topological polar surface area (TPSA) is 78.3 Å². The molecule has 4 aromatic rings. The summed E-state index contributed by atoms with van der Waals surface area (Å²) in [6.07, 6.45) is 1.86. The van der Waals surface area contributed by atoms with Gasteiger partial charge in [0.15, 0.2) is 0 Å². The third kappa shape index (κ3) is 3.08. The maximum absolute atomic E-state index is 13.4. The quantitative estimate of drug-likeness (QED) is 0.539. The summed E-state index contributed by atoms with van der Waals surface area (Å²) in [5.74, 6) is -1.15. The molecule has 2 aromatic heterocycles. The summed E-state index contributed by atoms with van der Waals surface area (Å²) in [7, 11) is 1.74. The molecule has 0 aliphatic carbocycles. The number of benzene rings is 2. The molecule has 29 heavy (non-hydrogen) atoms. The van der Waals surface area contributed by atoms with E-state index in [2.05, 4.69) is 4.98 Å². The Balaban J connectivity index is 1.79. The first-order valence-corrected chi connectivity index (χ1v) is 9.25. The monoisotopic (exact) mass is 387 g/mol. The van der Waals surface area contributed by atoms with Crippen molar-refractivity contribution in [2.75, 3.05) is 11.9 Å². The van der Waals surface area contributed by atoms with E-state index in [1.165, 1.54) is 0 Å². The number of carboxylic acids is 1. The molecule has 0 atom stereocenters. The second-order valence-corrected chi connectivity index (χ2v) is 7.06. The number of nitrogens with zero attached hydrogens (tertiary/aromatic N) is 2. The molecule has 0 unspecified atom stereocenters. The van der Waals surface area contributed by atoms with E-state index in [1.54, 1.807) is 31.0 Å². The number of para-hydroxylation sites is 1. The summed E-state index contributed by atoms with van der Waals surface area (Å²) >= 11 is 0. The number of H-pyrrole nitrogens is 1. The van der Waals surface area contributed by atoms with Gasteiger partial charge in [-0.3, -0.25) is 4.79 Å². The van der Waals surface area contributed by atoms with E-state index in [-0.39, 0.29) is 11.5 Å². The van der Waals surface area contributed by atoms with E-state index in [1.807, 2.05) is 60.2 Å². The van der Waals surface area contributed by atoms with Crippen LogP contribution in [0.4, 0.5) is 5.69 Å². The number of aromatic amines is 1. The SMILES string of the molecule is Cc1cc(C(=O)O)c(C)n1-c1ccccc1C(=O)N(C)c1ccc2[nH]ccc2c1. The van der Waals surface area contributed by atoms with Crippen LogP contribution in [0, 0.1) is 13.8 Å². The van der Waals surface area contributed by atoms with Crippen LogP contribution in [0.25, 0.3) is 16.6 Å². The van der Waals surface area contributed by atoms with Gasteiger partial charge in [-0.25, -0.2) is 4.79 Å². The summed E-state index contributed by atoms with van der Waals surface area (Å²) in [5.41, 5.74) is 4.54. The van der Waals surface area contributed by atoms with Crippen LogP contribution in [0.2, 0.25) is 0 Å². The molecule has 146 valence electrons. The van der Waals surface area contributed by atoms with Gasteiger partial charge in [0.05, 0.1) is 16.8 Å². The second-order valence-electron chi connectivity index (χ2n) is 7.06. The van der Waals surface area contributed by atoms with E-state index < -0.39 is 5.97 Å². The predicted octanol–water partition coefficient (Wildman–Crippen LogP) is 4.55. The van der Waals surface area contributed by atoms with Gasteiger partial charge in [0, 0.05) is 41.2 Å². The number of anilines is 1. The van der Waals surface area contributed by atoms with Crippen molar-refractivity contribution in [3.05, 3.63) is 83.3 Å². The zero-order valence-corrected chi connectivity index (χ0v) is 16.4. The minimum absolute atomic E-state index is 0.167. The molecule has 2 N–H and O–H groups in total. The number of nitrogens with one attached hydrogen (secondary N) is 1. The molecule has 0 saturated heterocycles. The van der Waals surface area contributed by atoms with Crippen molar-refractivity contribution in [2.24, 2.45) is 0 Å². The van der Waals surface area contributed by atoms with E-state index >= 15 is 0 Å². The molecular weight excluding hydrogens is 366 g/mol. The number of hydrogen-bond donors (Lipinski definition) is 2. The number of hydrogen-bond acceptors (Lipinski definition) is 2. The van der Waals surface area contributed by atoms with Crippen molar-refractivity contribution in [1.82, 2.24) is 9.55 Å². The van der Waals surface area contributed by atoms with E-state index in [0.717, 1.165) is 22.3 Å². The number of carbonyl (C=O) groups is 2. The number of fused-ring (bicyclic) bond motifs is 1. The number of aromatic nitrogens is 2. The normalized spacial score (nSPS) is 11.0. The molecule has 0 saturated carbocycles. The standard InChI is InChI=1S/C23H21N3O3/c1-14-12-19(23(28)29)15(2)26(14)21-7-5-4-6-18(21)22(27)25(3)17-8-9-20-16(13-17)10-11-24-20/h4-13,24H,1-3H3,(H,28,29). The number of aryl methyl sites for hydroxylation is 1. The van der Waals surface area contributed by atoms with Crippen LogP contribution in [0.15, 0.2) is 60.8 Å². The number of carbonyl (C=O) groups excluding carboxylic acids is 1. The Morgan fingerprint density at radius 2 is 1.76 bits per heavy atom. The van der Waals surface area contributed by atoms with Crippen molar-refractivity contribution in [2.45, 2.75) is 13.8 Å². The van der Waals surface area contributed by atoms with Crippen molar-refractivity contribution >= 4 is 28.5 Å². The highest BCUT2D eigenvalue weighted by Crippen LogP contribution is 2.27. The first kappa shape index (κ1) is 18.6. The van der Waals surface area contributed by atoms with Gasteiger partial charge in [0.1, 0.15) is 0 Å². The number of carboxylic acid groups (broad SMARTS) is 1. The molecule has 2 aromatic carbocycles. The lowest BCUT2D eigenvalue weighted by molar-refractivity contribution is 0.0696. The van der Waals surface area contributed by atoms with Gasteiger partial charge in [-0.15, -0.1) is 0 Å². The molecule has 1 amide bonds. The van der Waals surface area contributed by atoms with Crippen LogP contribution in [-0.2, 0) is 0 Å². The van der Waals surface area contributed by atoms with Crippen molar-refractivity contribution < 1.29 is 14.7 Å². The highest BCUT2D eigenvalue weighted by atomic mass is 16.4. The molecule has 0 radical (unpaired) electrons. The van der Waals surface area contributed by atoms with Crippen LogP contribution in [-0.4, -0.2) is 33.6 Å². The minimum Gasteiger partial charge on any atom is -0.478 e. The van der Waals surface area contributed by atoms with Gasteiger partial charge in [-0.2, -0.15) is 0 Å². The Kier molecular flexibility index (Phi) is 4.47. The first-order valence-electron chi connectivity index (χ1n) is 9.25. The third-order valence-corrected chi connectivity index (χ3v) is 5.27. The lowest BCUT2D eigenvalue weighted by Crippen LogP contribution is -2.27. The highest BCUT2D eigenvalue weighted by molar-refractivity contribution is 6.09. The Bertz CT molecular complexity index is 1250. The molecule has 0 bridgehead atoms. The smallest absolute Gasteiger partial charge is 0.337 e. The first-order chi connectivity index (χ1) is 13.9. The van der Waals surface area contributed by atoms with Gasteiger partial charge in [-0.1, -0.05) is 12.1 Å². The van der Waals surface area contributed by atoms with Crippen LogP contribution in [0.1, 0.15) is 32.1 Å². The van der Waals surface area contributed by atoms with Crippen LogP contribution >= 0.6 is 0 Å². The minimum atomic E-state index is -0.981. The lowest BCUT2D eigenvalue weighted by Gasteiger charge is -2.21. The van der Waals surface area contributed by atoms with Gasteiger partial charge >= 0.3 is 5.97 Å². The number of amides is 1. The molecule has 6 nitrogen and oxygen atoms in total. The molecule has 6 heteroatoms. The Morgan fingerprint density at radius 1 is 1.00 bits per heavy atom. The summed E-state index contributed by atoms with van der Waals surface area (Å²) < 4.78 is 1.82. The van der Waals surface area contributed by atoms with Crippen LogP contribution < -0.4 is 4.90 Å². The Labute approximate surface area is 168 Å². The Morgan fingerprint density at radius 3 is 2.48 bits per heavy atom. The molecule has 0 spiro atoms. The average Bonchev–Trinajstić information content (AvgIpc) is 3.30. The van der Waals surface area contributed by atoms with E-state index in [4.69, 9.17) is 0 Å². The van der Waals surface area contributed by atoms with Crippen molar-refractivity contribution in [3.63, 3.8) is 0 Å². The van der Waals surface area contributed by atoms with E-state index in [0.29, 0.717) is 16.9 Å². The maximum atomic E-state index is 13.4. The fraction of sp³-hybridized carbons (Fsp3) is 0.130. The fourth-order valence-corrected chi connectivity index (χ4v) is 3.75. The molecule has 0 aliphatic heterocycles. The van der Waals surface area contributed by atoms with Crippen LogP contribution in [0.5, 0.6) is 0 Å². The van der Waals surface area contributed by atoms with E-state index in [9.17, 15) is 14.7 Å². The zero-order chi connectivity index (χ0) is 20.7. The molecule has 2 heterocycles. The third-order valence-electron chi connectivity index (χ3n) is 5.27. The Hall–Kier alpha value is -3.80. The summed E-state index contributed by atoms with van der Waals surface area (Å²) in [6, 6.07) is 16.6. The largest absolute Gasteiger partial charge is 0.478 e. The molecule has 4 rings (SSSR count). The highest BCUT2D eigenvalue weighted by Gasteiger charge is 2.22. The van der Waals surface area contributed by atoms with Crippen LogP contribution in [0.3, 0.4) is 0 Å². The number of rotatable bonds is 4. The number of aromatic carboxylic acids is 1. The van der Waals surface area contributed by atoms with Gasteiger partial charge in [0.25, 0.3) is 5.91 Å². The fourth-order valence-electron chi connectivity index (χ4n) is 3.75. The van der Waals surface area contributed by atoms with Gasteiger partial charge < -0.3 is 19.6 Å². The average molecular weight is 387 g/mol. The summed E-state index contributed by atoms with van der Waals surface area (Å²) in [6.45, 7) is 3.59. The van der Waals surface area contributed by atoms with Gasteiger partial charge in [-0.05, 0) is 56.3 Å². The summed E-state index contributed by atoms with van der Waals surface area (Å²) in [5, 5.41) is 10.5. The lowest BCUT2D eigenvalue weighted by atomic mass is 10.1. The molecule has 0 aliphatic rings. The second kappa shape index (κ2) is 6.98. The zero-order valence-electron chi connectivity index (χ0n) is 16.4. The maximum Gasteiger partial charge on any atom is 0.337 e.